The number of amides is 1. The van der Waals surface area contributed by atoms with Gasteiger partial charge in [-0.15, -0.1) is 11.3 Å². The summed E-state index contributed by atoms with van der Waals surface area (Å²) >= 11 is 5.05. The first-order valence-corrected chi connectivity index (χ1v) is 9.31. The van der Waals surface area contributed by atoms with Gasteiger partial charge in [-0.1, -0.05) is 22.0 Å². The lowest BCUT2D eigenvalue weighted by Crippen LogP contribution is -2.56. The number of piperidine rings is 1. The maximum Gasteiger partial charge on any atom is 0.261 e. The minimum Gasteiger partial charge on any atom is -0.346 e. The zero-order valence-electron chi connectivity index (χ0n) is 12.7. The third kappa shape index (κ3) is 2.22. The predicted molar refractivity (Wildman–Crippen MR) is 94.5 cm³/mol. The van der Waals surface area contributed by atoms with E-state index in [-0.39, 0.29) is 17.5 Å². The van der Waals surface area contributed by atoms with Gasteiger partial charge in [0.15, 0.2) is 0 Å². The van der Waals surface area contributed by atoms with Gasteiger partial charge in [-0.05, 0) is 56.3 Å². The Labute approximate surface area is 142 Å². The van der Waals surface area contributed by atoms with E-state index >= 15 is 0 Å². The minimum absolute atomic E-state index is 0.0677. The van der Waals surface area contributed by atoms with Crippen molar-refractivity contribution in [3.05, 3.63) is 33.6 Å². The Bertz CT molecular complexity index is 754. The second-order valence-corrected chi connectivity index (χ2v) is 8.89. The van der Waals surface area contributed by atoms with Crippen LogP contribution >= 0.6 is 27.3 Å². The molecule has 2 fully saturated rings. The Morgan fingerprint density at radius 2 is 2.23 bits per heavy atom. The molecule has 1 aromatic carbocycles. The molecule has 0 radical (unpaired) electrons. The Hall–Kier alpha value is -0.910. The number of fused-ring (bicyclic) bond motifs is 3. The molecule has 2 aromatic rings. The van der Waals surface area contributed by atoms with Crippen molar-refractivity contribution in [2.45, 2.75) is 31.8 Å². The van der Waals surface area contributed by atoms with Crippen LogP contribution in [0.15, 0.2) is 28.7 Å². The van der Waals surface area contributed by atoms with Gasteiger partial charge in [-0.2, -0.15) is 0 Å². The van der Waals surface area contributed by atoms with Crippen LogP contribution in [0.1, 0.15) is 29.9 Å². The van der Waals surface area contributed by atoms with Crippen molar-refractivity contribution >= 4 is 43.3 Å². The Morgan fingerprint density at radius 1 is 1.41 bits per heavy atom. The Kier molecular flexibility index (Phi) is 3.36. The molecular weight excluding hydrogens is 360 g/mol. The molecule has 2 aliphatic rings. The predicted octanol–water partition coefficient (Wildman–Crippen LogP) is 3.88. The number of carbonyl (C=O) groups is 1. The van der Waals surface area contributed by atoms with E-state index in [1.165, 1.54) is 13.0 Å². The van der Waals surface area contributed by atoms with E-state index in [1.807, 2.05) is 12.1 Å². The molecule has 2 saturated heterocycles. The molecule has 3 nitrogen and oxygen atoms in total. The van der Waals surface area contributed by atoms with Gasteiger partial charge in [0.25, 0.3) is 5.91 Å². The fraction of sp³-hybridized carbons (Fsp3) is 0.471. The van der Waals surface area contributed by atoms with Crippen molar-refractivity contribution < 1.29 is 4.79 Å². The summed E-state index contributed by atoms with van der Waals surface area (Å²) < 4.78 is 2.20. The molecule has 1 amide bonds. The van der Waals surface area contributed by atoms with Gasteiger partial charge in [-0.25, -0.2) is 0 Å². The van der Waals surface area contributed by atoms with Gasteiger partial charge in [0.1, 0.15) is 0 Å². The van der Waals surface area contributed by atoms with Crippen LogP contribution in [0.3, 0.4) is 0 Å². The number of halogens is 1. The van der Waals surface area contributed by atoms with E-state index in [1.54, 1.807) is 11.3 Å². The van der Waals surface area contributed by atoms with Gasteiger partial charge < -0.3 is 5.32 Å². The average molecular weight is 379 g/mol. The molecule has 0 saturated carbocycles. The van der Waals surface area contributed by atoms with Gasteiger partial charge in [0.05, 0.1) is 10.9 Å². The molecule has 1 aromatic heterocycles. The number of carbonyl (C=O) groups excluding carboxylic acids is 1. The summed E-state index contributed by atoms with van der Waals surface area (Å²) in [6.45, 7) is 6.79. The van der Waals surface area contributed by atoms with E-state index in [0.717, 1.165) is 26.0 Å². The quantitative estimate of drug-likeness (QED) is 0.859. The Balaban J connectivity index is 1.59. The zero-order chi connectivity index (χ0) is 15.5. The van der Waals surface area contributed by atoms with E-state index in [9.17, 15) is 4.79 Å². The van der Waals surface area contributed by atoms with Crippen molar-refractivity contribution in [3.8, 4) is 0 Å². The van der Waals surface area contributed by atoms with Crippen LogP contribution in [0.25, 0.3) is 10.1 Å². The number of nitrogens with one attached hydrogen (secondary N) is 1. The standard InChI is InChI=1S/C17H19BrN2OS/c1-17(2)15(11-5-6-20(17)9-11)19-16(21)14-7-10-3-4-12(18)8-13(10)22-14/h3-4,7-8,11,15H,5-6,9H2,1-2H3,(H,19,21)/t11?,15-/m1/s1. The highest BCUT2D eigenvalue weighted by Crippen LogP contribution is 2.40. The maximum absolute atomic E-state index is 12.7. The van der Waals surface area contributed by atoms with Gasteiger partial charge in [0, 0.05) is 21.3 Å². The molecular formula is C17H19BrN2OS. The molecule has 5 heteroatoms. The third-order valence-electron chi connectivity index (χ3n) is 5.26. The van der Waals surface area contributed by atoms with Crippen LogP contribution in [-0.2, 0) is 0 Å². The zero-order valence-corrected chi connectivity index (χ0v) is 15.1. The second kappa shape index (κ2) is 5.05. The summed E-state index contributed by atoms with van der Waals surface area (Å²) in [5.41, 5.74) is 0.0677. The van der Waals surface area contributed by atoms with Gasteiger partial charge in [-0.3, -0.25) is 9.69 Å². The number of thiophene rings is 1. The lowest BCUT2D eigenvalue weighted by Gasteiger charge is -2.40. The molecule has 116 valence electrons. The van der Waals surface area contributed by atoms with Crippen molar-refractivity contribution in [3.63, 3.8) is 0 Å². The minimum atomic E-state index is 0.0677. The Morgan fingerprint density at radius 3 is 2.95 bits per heavy atom. The topological polar surface area (TPSA) is 32.3 Å². The number of hydrogen-bond acceptors (Lipinski definition) is 3. The van der Waals surface area contributed by atoms with Crippen LogP contribution in [0.2, 0.25) is 0 Å². The summed E-state index contributed by atoms with van der Waals surface area (Å²) in [6, 6.07) is 8.40. The molecule has 0 spiro atoms. The number of rotatable bonds is 2. The number of benzene rings is 1. The summed E-state index contributed by atoms with van der Waals surface area (Å²) in [6.07, 6.45) is 1.20. The van der Waals surface area contributed by atoms with E-state index < -0.39 is 0 Å². The first-order chi connectivity index (χ1) is 10.4. The van der Waals surface area contributed by atoms with Crippen LogP contribution in [0.5, 0.6) is 0 Å². The summed E-state index contributed by atoms with van der Waals surface area (Å²) in [7, 11) is 0. The molecule has 2 bridgehead atoms. The first-order valence-electron chi connectivity index (χ1n) is 7.70. The van der Waals surface area contributed by atoms with Gasteiger partial charge in [0.2, 0.25) is 0 Å². The average Bonchev–Trinajstić information content (AvgIpc) is 3.14. The summed E-state index contributed by atoms with van der Waals surface area (Å²) in [4.78, 5) is 16.0. The molecule has 3 atom stereocenters. The van der Waals surface area contributed by atoms with Crippen molar-refractivity contribution in [2.75, 3.05) is 13.1 Å². The van der Waals surface area contributed by atoms with E-state index in [4.69, 9.17) is 0 Å². The smallest absolute Gasteiger partial charge is 0.261 e. The third-order valence-corrected chi connectivity index (χ3v) is 6.85. The van der Waals surface area contributed by atoms with Gasteiger partial charge >= 0.3 is 0 Å². The highest BCUT2D eigenvalue weighted by atomic mass is 79.9. The van der Waals surface area contributed by atoms with Crippen molar-refractivity contribution in [2.24, 2.45) is 5.92 Å². The molecule has 1 N–H and O–H groups in total. The molecule has 2 aliphatic heterocycles. The van der Waals surface area contributed by atoms with Crippen molar-refractivity contribution in [1.82, 2.24) is 10.2 Å². The summed E-state index contributed by atoms with van der Waals surface area (Å²) in [5, 5.41) is 4.44. The second-order valence-electron chi connectivity index (χ2n) is 6.89. The molecule has 22 heavy (non-hydrogen) atoms. The first kappa shape index (κ1) is 14.7. The lowest BCUT2D eigenvalue weighted by atomic mass is 9.85. The fourth-order valence-electron chi connectivity index (χ4n) is 3.98. The van der Waals surface area contributed by atoms with Crippen LogP contribution in [0, 0.1) is 5.92 Å². The molecule has 2 unspecified atom stereocenters. The largest absolute Gasteiger partial charge is 0.346 e. The van der Waals surface area contributed by atoms with Crippen LogP contribution < -0.4 is 5.32 Å². The summed E-state index contributed by atoms with van der Waals surface area (Å²) in [5.74, 6) is 0.673. The highest BCUT2D eigenvalue weighted by Gasteiger charge is 2.51. The fourth-order valence-corrected chi connectivity index (χ4v) is 5.50. The molecule has 3 heterocycles. The van der Waals surface area contributed by atoms with Crippen LogP contribution in [-0.4, -0.2) is 35.5 Å². The monoisotopic (exact) mass is 378 g/mol. The maximum atomic E-state index is 12.7. The highest BCUT2D eigenvalue weighted by molar-refractivity contribution is 9.10. The van der Waals surface area contributed by atoms with E-state index in [2.05, 4.69) is 52.1 Å². The molecule has 0 aliphatic carbocycles. The normalized spacial score (nSPS) is 29.1. The van der Waals surface area contributed by atoms with Crippen molar-refractivity contribution in [1.29, 1.82) is 0 Å². The SMILES string of the molecule is CC1(C)[C@H](NC(=O)c2cc3ccc(Br)cc3s2)C2CCN1C2. The number of nitrogens with zero attached hydrogens (tertiary/aromatic N) is 1. The van der Waals surface area contributed by atoms with E-state index in [0.29, 0.717) is 5.92 Å². The number of hydrogen-bond donors (Lipinski definition) is 1. The molecule has 4 rings (SSSR count). The lowest BCUT2D eigenvalue weighted by molar-refractivity contribution is 0.0839. The van der Waals surface area contributed by atoms with Crippen LogP contribution in [0.4, 0.5) is 0 Å².